The van der Waals surface area contributed by atoms with Crippen molar-refractivity contribution >= 4 is 22.9 Å². The molecule has 0 atom stereocenters. The molecule has 19 heavy (non-hydrogen) atoms. The third-order valence-electron chi connectivity index (χ3n) is 2.71. The van der Waals surface area contributed by atoms with Crippen LogP contribution < -0.4 is 5.32 Å². The SMILES string of the molecule is Cc1ncc(CN(C)C(=O)CNc2ccccc2)s1. The topological polar surface area (TPSA) is 45.2 Å². The molecule has 1 heterocycles. The molecule has 1 amide bonds. The summed E-state index contributed by atoms with van der Waals surface area (Å²) in [6.45, 7) is 2.88. The van der Waals surface area contributed by atoms with E-state index < -0.39 is 0 Å². The molecule has 0 aliphatic heterocycles. The smallest absolute Gasteiger partial charge is 0.241 e. The Hall–Kier alpha value is -1.88. The molecule has 2 rings (SSSR count). The van der Waals surface area contributed by atoms with Crippen molar-refractivity contribution in [2.24, 2.45) is 0 Å². The second-order valence-corrected chi connectivity index (χ2v) is 5.63. The summed E-state index contributed by atoms with van der Waals surface area (Å²) in [6, 6.07) is 9.72. The Morgan fingerprint density at radius 3 is 2.74 bits per heavy atom. The summed E-state index contributed by atoms with van der Waals surface area (Å²) in [5.41, 5.74) is 0.956. The molecule has 0 fully saturated rings. The minimum atomic E-state index is 0.0647. The fourth-order valence-corrected chi connectivity index (χ4v) is 2.52. The molecule has 1 aromatic carbocycles. The lowest BCUT2D eigenvalue weighted by atomic mass is 10.3. The van der Waals surface area contributed by atoms with Crippen molar-refractivity contribution in [3.8, 4) is 0 Å². The average Bonchev–Trinajstić information content (AvgIpc) is 2.82. The lowest BCUT2D eigenvalue weighted by Crippen LogP contribution is -2.31. The maximum Gasteiger partial charge on any atom is 0.241 e. The molecule has 0 saturated heterocycles. The van der Waals surface area contributed by atoms with E-state index >= 15 is 0 Å². The van der Waals surface area contributed by atoms with E-state index in [2.05, 4.69) is 10.3 Å². The van der Waals surface area contributed by atoms with Gasteiger partial charge in [0, 0.05) is 23.8 Å². The molecular weight excluding hydrogens is 258 g/mol. The molecule has 100 valence electrons. The predicted molar refractivity (Wildman–Crippen MR) is 78.3 cm³/mol. The highest BCUT2D eigenvalue weighted by Gasteiger charge is 2.10. The molecular formula is C14H17N3OS. The fraction of sp³-hybridized carbons (Fsp3) is 0.286. The molecule has 0 bridgehead atoms. The van der Waals surface area contributed by atoms with Gasteiger partial charge < -0.3 is 10.2 Å². The van der Waals surface area contributed by atoms with Crippen molar-refractivity contribution in [2.45, 2.75) is 13.5 Å². The summed E-state index contributed by atoms with van der Waals surface area (Å²) >= 11 is 1.62. The zero-order chi connectivity index (χ0) is 13.7. The van der Waals surface area contributed by atoms with Crippen LogP contribution in [0.3, 0.4) is 0 Å². The van der Waals surface area contributed by atoms with Gasteiger partial charge in [0.2, 0.25) is 5.91 Å². The normalized spacial score (nSPS) is 10.2. The number of para-hydroxylation sites is 1. The van der Waals surface area contributed by atoms with Crippen LogP contribution in [0.25, 0.3) is 0 Å². The van der Waals surface area contributed by atoms with Crippen LogP contribution >= 0.6 is 11.3 Å². The summed E-state index contributed by atoms with van der Waals surface area (Å²) in [5.74, 6) is 0.0647. The van der Waals surface area contributed by atoms with E-state index in [1.807, 2.05) is 50.5 Å². The minimum Gasteiger partial charge on any atom is -0.376 e. The first kappa shape index (κ1) is 13.5. The van der Waals surface area contributed by atoms with Crippen molar-refractivity contribution in [3.05, 3.63) is 46.4 Å². The third-order valence-corrected chi connectivity index (χ3v) is 3.60. The van der Waals surface area contributed by atoms with Crippen molar-refractivity contribution < 1.29 is 4.79 Å². The number of nitrogens with zero attached hydrogens (tertiary/aromatic N) is 2. The van der Waals surface area contributed by atoms with Crippen molar-refractivity contribution in [3.63, 3.8) is 0 Å². The van der Waals surface area contributed by atoms with Crippen LogP contribution in [-0.4, -0.2) is 29.4 Å². The largest absolute Gasteiger partial charge is 0.376 e. The Balaban J connectivity index is 1.82. The average molecular weight is 275 g/mol. The summed E-state index contributed by atoms with van der Waals surface area (Å²) in [5, 5.41) is 4.14. The lowest BCUT2D eigenvalue weighted by Gasteiger charge is -2.16. The molecule has 0 saturated carbocycles. The number of carbonyl (C=O) groups excluding carboxylic acids is 1. The van der Waals surface area contributed by atoms with E-state index in [-0.39, 0.29) is 5.91 Å². The monoisotopic (exact) mass is 275 g/mol. The first-order valence-electron chi connectivity index (χ1n) is 6.09. The second kappa shape index (κ2) is 6.33. The van der Waals surface area contributed by atoms with Crippen LogP contribution in [0.5, 0.6) is 0 Å². The molecule has 0 radical (unpaired) electrons. The number of hydrogen-bond acceptors (Lipinski definition) is 4. The number of anilines is 1. The summed E-state index contributed by atoms with van der Waals surface area (Å²) in [4.78, 5) is 19.0. The summed E-state index contributed by atoms with van der Waals surface area (Å²) < 4.78 is 0. The van der Waals surface area contributed by atoms with Gasteiger partial charge in [-0.05, 0) is 19.1 Å². The molecule has 4 nitrogen and oxygen atoms in total. The number of amides is 1. The van der Waals surface area contributed by atoms with Gasteiger partial charge in [-0.1, -0.05) is 18.2 Å². The first-order chi connectivity index (χ1) is 9.15. The van der Waals surface area contributed by atoms with Gasteiger partial charge in [0.1, 0.15) is 0 Å². The highest BCUT2D eigenvalue weighted by Crippen LogP contribution is 2.13. The highest BCUT2D eigenvalue weighted by atomic mass is 32.1. The Kier molecular flexibility index (Phi) is 4.52. The second-order valence-electron chi connectivity index (χ2n) is 4.31. The van der Waals surface area contributed by atoms with Crippen LogP contribution in [0, 0.1) is 6.92 Å². The predicted octanol–water partition coefficient (Wildman–Crippen LogP) is 2.52. The van der Waals surface area contributed by atoms with E-state index in [0.29, 0.717) is 13.1 Å². The number of rotatable bonds is 5. The Morgan fingerprint density at radius 1 is 1.37 bits per heavy atom. The zero-order valence-corrected chi connectivity index (χ0v) is 11.9. The van der Waals surface area contributed by atoms with E-state index in [4.69, 9.17) is 0 Å². The number of thiazole rings is 1. The molecule has 0 aliphatic rings. The number of aryl methyl sites for hydroxylation is 1. The summed E-state index contributed by atoms with van der Waals surface area (Å²) in [7, 11) is 1.81. The number of likely N-dealkylation sites (N-methyl/N-ethyl adjacent to an activating group) is 1. The van der Waals surface area contributed by atoms with Crippen molar-refractivity contribution in [1.29, 1.82) is 0 Å². The quantitative estimate of drug-likeness (QED) is 0.912. The highest BCUT2D eigenvalue weighted by molar-refractivity contribution is 7.11. The molecule has 0 aliphatic carbocycles. The van der Waals surface area contributed by atoms with Gasteiger partial charge in [-0.15, -0.1) is 11.3 Å². The van der Waals surface area contributed by atoms with Gasteiger partial charge in [0.05, 0.1) is 18.1 Å². The molecule has 1 aromatic heterocycles. The molecule has 1 N–H and O–H groups in total. The van der Waals surface area contributed by atoms with Gasteiger partial charge >= 0.3 is 0 Å². The number of nitrogens with one attached hydrogen (secondary N) is 1. The lowest BCUT2D eigenvalue weighted by molar-refractivity contribution is -0.128. The van der Waals surface area contributed by atoms with E-state index in [0.717, 1.165) is 15.6 Å². The van der Waals surface area contributed by atoms with Crippen LogP contribution in [0.4, 0.5) is 5.69 Å². The van der Waals surface area contributed by atoms with Crippen molar-refractivity contribution in [2.75, 3.05) is 18.9 Å². The Bertz CT molecular complexity index is 539. The van der Waals surface area contributed by atoms with Gasteiger partial charge in [0.25, 0.3) is 0 Å². The van der Waals surface area contributed by atoms with Gasteiger partial charge in [-0.3, -0.25) is 4.79 Å². The minimum absolute atomic E-state index is 0.0647. The number of hydrogen-bond donors (Lipinski definition) is 1. The fourth-order valence-electron chi connectivity index (χ4n) is 1.67. The molecule has 0 spiro atoms. The van der Waals surface area contributed by atoms with Crippen molar-refractivity contribution in [1.82, 2.24) is 9.88 Å². The number of benzene rings is 1. The summed E-state index contributed by atoms with van der Waals surface area (Å²) in [6.07, 6.45) is 1.83. The maximum absolute atomic E-state index is 12.0. The van der Waals surface area contributed by atoms with E-state index in [1.165, 1.54) is 0 Å². The zero-order valence-electron chi connectivity index (χ0n) is 11.1. The van der Waals surface area contributed by atoms with Crippen LogP contribution in [-0.2, 0) is 11.3 Å². The standard InChI is InChI=1S/C14H17N3OS/c1-11-15-8-13(19-11)10-17(2)14(18)9-16-12-6-4-3-5-7-12/h3-8,16H,9-10H2,1-2H3. The number of aromatic nitrogens is 1. The Labute approximate surface area is 117 Å². The van der Waals surface area contributed by atoms with Gasteiger partial charge in [-0.25, -0.2) is 4.98 Å². The molecule has 2 aromatic rings. The third kappa shape index (κ3) is 4.06. The van der Waals surface area contributed by atoms with E-state index in [9.17, 15) is 4.79 Å². The van der Waals surface area contributed by atoms with Gasteiger partial charge in [-0.2, -0.15) is 0 Å². The van der Waals surface area contributed by atoms with Crippen LogP contribution in [0.1, 0.15) is 9.88 Å². The van der Waals surface area contributed by atoms with Crippen LogP contribution in [0.2, 0.25) is 0 Å². The van der Waals surface area contributed by atoms with Gasteiger partial charge in [0.15, 0.2) is 0 Å². The Morgan fingerprint density at radius 2 is 2.11 bits per heavy atom. The molecule has 5 heteroatoms. The first-order valence-corrected chi connectivity index (χ1v) is 6.91. The van der Waals surface area contributed by atoms with Crippen LogP contribution in [0.15, 0.2) is 36.5 Å². The molecule has 0 unspecified atom stereocenters. The van der Waals surface area contributed by atoms with E-state index in [1.54, 1.807) is 16.2 Å². The number of carbonyl (C=O) groups is 1. The maximum atomic E-state index is 12.0.